The molecule has 3 aromatic rings. The Morgan fingerprint density at radius 2 is 1.84 bits per heavy atom. The molecular formula is C14H11N3O2. The van der Waals surface area contributed by atoms with Crippen LogP contribution in [0, 0.1) is 0 Å². The van der Waals surface area contributed by atoms with Crippen LogP contribution in [-0.2, 0) is 0 Å². The topological polar surface area (TPSA) is 71.2 Å². The van der Waals surface area contributed by atoms with E-state index < -0.39 is 0 Å². The van der Waals surface area contributed by atoms with Crippen LogP contribution in [0.4, 0.5) is 0 Å². The first-order chi connectivity index (χ1) is 9.15. The first kappa shape index (κ1) is 11.3. The van der Waals surface area contributed by atoms with Gasteiger partial charge in [-0.2, -0.15) is 0 Å². The molecule has 0 saturated carbocycles. The molecule has 19 heavy (non-hydrogen) atoms. The molecule has 3 rings (SSSR count). The summed E-state index contributed by atoms with van der Waals surface area (Å²) in [7, 11) is 0. The van der Waals surface area contributed by atoms with Crippen LogP contribution in [0.15, 0.2) is 49.0 Å². The zero-order valence-electron chi connectivity index (χ0n) is 9.98. The van der Waals surface area contributed by atoms with E-state index in [4.69, 9.17) is 0 Å². The van der Waals surface area contributed by atoms with Crippen LogP contribution in [-0.4, -0.2) is 25.2 Å². The van der Waals surface area contributed by atoms with E-state index in [0.29, 0.717) is 11.1 Å². The molecule has 94 valence electrons. The molecule has 1 aromatic heterocycles. The number of phenolic OH excluding ortho intramolecular Hbond substituents is 1. The molecule has 5 nitrogen and oxygen atoms in total. The van der Waals surface area contributed by atoms with Gasteiger partial charge in [-0.3, -0.25) is 0 Å². The van der Waals surface area contributed by atoms with E-state index in [0.717, 1.165) is 11.2 Å². The Morgan fingerprint density at radius 3 is 2.53 bits per heavy atom. The minimum Gasteiger partial charge on any atom is -0.508 e. The maximum Gasteiger partial charge on any atom is 0.115 e. The third kappa shape index (κ3) is 1.91. The lowest BCUT2D eigenvalue weighted by Gasteiger charge is -2.03. The number of nitrogens with zero attached hydrogens (tertiary/aromatic N) is 3. The fourth-order valence-electron chi connectivity index (χ4n) is 1.89. The molecule has 0 atom stereocenters. The van der Waals surface area contributed by atoms with Crippen LogP contribution in [0.3, 0.4) is 0 Å². The Bertz CT molecular complexity index is 760. The molecule has 5 heteroatoms. The molecule has 1 heterocycles. The number of rotatable bonds is 2. The highest BCUT2D eigenvalue weighted by atomic mass is 16.3. The molecule has 2 N–H and O–H groups in total. The molecule has 0 unspecified atom stereocenters. The van der Waals surface area contributed by atoms with Gasteiger partial charge in [-0.1, -0.05) is 11.8 Å². The number of aromatic hydroxyl groups is 1. The van der Waals surface area contributed by atoms with Gasteiger partial charge in [0.2, 0.25) is 0 Å². The van der Waals surface area contributed by atoms with Crippen molar-refractivity contribution in [2.24, 2.45) is 0 Å². The van der Waals surface area contributed by atoms with E-state index in [1.165, 1.54) is 0 Å². The molecule has 0 saturated heterocycles. The molecule has 0 bridgehead atoms. The third-order valence-electron chi connectivity index (χ3n) is 2.87. The van der Waals surface area contributed by atoms with E-state index >= 15 is 0 Å². The van der Waals surface area contributed by atoms with Gasteiger partial charge in [-0.15, -0.1) is 5.10 Å². The molecule has 0 aliphatic carbocycles. The van der Waals surface area contributed by atoms with Crippen molar-refractivity contribution < 1.29 is 10.2 Å². The minimum absolute atomic E-state index is 0.00100. The zero-order chi connectivity index (χ0) is 13.4. The van der Waals surface area contributed by atoms with Crippen LogP contribution in [0.2, 0.25) is 0 Å². The zero-order valence-corrected chi connectivity index (χ0v) is 9.98. The highest BCUT2D eigenvalue weighted by Gasteiger charge is 2.08. The largest absolute Gasteiger partial charge is 0.508 e. The Morgan fingerprint density at radius 1 is 1.11 bits per heavy atom. The second-order valence-electron chi connectivity index (χ2n) is 4.17. The van der Waals surface area contributed by atoms with Gasteiger partial charge in [0.05, 0.1) is 11.2 Å². The van der Waals surface area contributed by atoms with Crippen molar-refractivity contribution in [1.82, 2.24) is 15.0 Å². The molecule has 0 radical (unpaired) electrons. The van der Waals surface area contributed by atoms with Crippen molar-refractivity contribution in [3.63, 3.8) is 0 Å². The summed E-state index contributed by atoms with van der Waals surface area (Å²) in [6, 6.07) is 12.0. The summed E-state index contributed by atoms with van der Waals surface area (Å²) >= 11 is 0. The first-order valence-electron chi connectivity index (χ1n) is 5.68. The number of fused-ring (bicyclic) bond motifs is 1. The summed E-state index contributed by atoms with van der Waals surface area (Å²) < 4.78 is 1.67. The van der Waals surface area contributed by atoms with Gasteiger partial charge in [0.25, 0.3) is 0 Å². The molecule has 0 aliphatic rings. The molecular weight excluding hydrogens is 242 g/mol. The number of aromatic nitrogens is 3. The van der Waals surface area contributed by atoms with Crippen LogP contribution in [0.25, 0.3) is 22.5 Å². The van der Waals surface area contributed by atoms with Crippen LogP contribution < -0.4 is 0 Å². The molecule has 0 spiro atoms. The predicted molar refractivity (Wildman–Crippen MR) is 72.2 cm³/mol. The fourth-order valence-corrected chi connectivity index (χ4v) is 1.89. The van der Waals surface area contributed by atoms with Gasteiger partial charge in [-0.05, 0) is 42.5 Å². The van der Waals surface area contributed by atoms with E-state index in [2.05, 4.69) is 16.9 Å². The van der Waals surface area contributed by atoms with Crippen molar-refractivity contribution in [1.29, 1.82) is 0 Å². The number of hydrogen-bond donors (Lipinski definition) is 2. The van der Waals surface area contributed by atoms with Crippen molar-refractivity contribution >= 4 is 16.8 Å². The van der Waals surface area contributed by atoms with E-state index in [-0.39, 0.29) is 11.5 Å². The molecule has 0 fully saturated rings. The van der Waals surface area contributed by atoms with E-state index in [9.17, 15) is 10.2 Å². The summed E-state index contributed by atoms with van der Waals surface area (Å²) in [4.78, 5) is 0. The van der Waals surface area contributed by atoms with E-state index in [1.54, 1.807) is 41.1 Å². The van der Waals surface area contributed by atoms with Crippen LogP contribution >= 0.6 is 0 Å². The average molecular weight is 253 g/mol. The number of benzene rings is 2. The smallest absolute Gasteiger partial charge is 0.115 e. The van der Waals surface area contributed by atoms with Crippen molar-refractivity contribution in [2.45, 2.75) is 0 Å². The highest BCUT2D eigenvalue weighted by molar-refractivity contribution is 5.80. The fraction of sp³-hybridized carbons (Fsp3) is 0. The van der Waals surface area contributed by atoms with Crippen molar-refractivity contribution in [2.75, 3.05) is 0 Å². The second kappa shape index (κ2) is 4.13. The molecule has 2 aromatic carbocycles. The Balaban J connectivity index is 2.15. The average Bonchev–Trinajstić information content (AvgIpc) is 2.82. The summed E-state index contributed by atoms with van der Waals surface area (Å²) in [5.41, 5.74) is 2.90. The summed E-state index contributed by atoms with van der Waals surface area (Å²) in [6.45, 7) is 3.48. The van der Waals surface area contributed by atoms with Gasteiger partial charge in [0.1, 0.15) is 17.0 Å². The lowest BCUT2D eigenvalue weighted by atomic mass is 10.2. The Kier molecular flexibility index (Phi) is 2.45. The SMILES string of the molecule is C=C(O)c1ccc2c(c1)nnn2-c1ccc(O)cc1. The van der Waals surface area contributed by atoms with Crippen molar-refractivity contribution in [3.8, 4) is 11.4 Å². The number of aliphatic hydroxyl groups is 1. The van der Waals surface area contributed by atoms with Crippen LogP contribution in [0.5, 0.6) is 5.75 Å². The summed E-state index contributed by atoms with van der Waals surface area (Å²) in [5, 5.41) is 26.8. The number of phenols is 1. The highest BCUT2D eigenvalue weighted by Crippen LogP contribution is 2.21. The van der Waals surface area contributed by atoms with Gasteiger partial charge in [0, 0.05) is 5.56 Å². The maximum atomic E-state index is 9.36. The molecule has 0 amide bonds. The minimum atomic E-state index is 0.00100. The quantitative estimate of drug-likeness (QED) is 0.689. The number of aliphatic hydroxyl groups excluding tert-OH is 1. The van der Waals surface area contributed by atoms with Gasteiger partial charge < -0.3 is 10.2 Å². The lowest BCUT2D eigenvalue weighted by molar-refractivity contribution is 0.475. The van der Waals surface area contributed by atoms with E-state index in [1.807, 2.05) is 6.07 Å². The Hall–Kier alpha value is -2.82. The third-order valence-corrected chi connectivity index (χ3v) is 2.87. The lowest BCUT2D eigenvalue weighted by Crippen LogP contribution is -1.95. The second-order valence-corrected chi connectivity index (χ2v) is 4.17. The van der Waals surface area contributed by atoms with Crippen LogP contribution in [0.1, 0.15) is 5.56 Å². The Labute approximate surface area is 109 Å². The normalized spacial score (nSPS) is 10.7. The molecule has 0 aliphatic heterocycles. The maximum absolute atomic E-state index is 9.36. The van der Waals surface area contributed by atoms with Gasteiger partial charge in [0.15, 0.2) is 0 Å². The standard InChI is InChI=1S/C14H11N3O2/c1-9(18)10-2-7-14-13(8-10)15-16-17(14)11-3-5-12(19)6-4-11/h2-8,18-19H,1H2. The van der Waals surface area contributed by atoms with Gasteiger partial charge >= 0.3 is 0 Å². The first-order valence-corrected chi connectivity index (χ1v) is 5.68. The number of hydrogen-bond acceptors (Lipinski definition) is 4. The van der Waals surface area contributed by atoms with Gasteiger partial charge in [-0.25, -0.2) is 4.68 Å². The summed E-state index contributed by atoms with van der Waals surface area (Å²) in [6.07, 6.45) is 0. The summed E-state index contributed by atoms with van der Waals surface area (Å²) in [5.74, 6) is 0.202. The predicted octanol–water partition coefficient (Wildman–Crippen LogP) is 2.65. The van der Waals surface area contributed by atoms with Crippen molar-refractivity contribution in [3.05, 3.63) is 54.6 Å². The monoisotopic (exact) mass is 253 g/mol.